The molecule has 1 unspecified atom stereocenters. The number of carbonyl (C=O) groups is 1. The van der Waals surface area contributed by atoms with Crippen molar-refractivity contribution in [3.05, 3.63) is 12.1 Å². The predicted molar refractivity (Wildman–Crippen MR) is 82.0 cm³/mol. The van der Waals surface area contributed by atoms with E-state index < -0.39 is 0 Å². The highest BCUT2D eigenvalue weighted by Gasteiger charge is 2.19. The van der Waals surface area contributed by atoms with Gasteiger partial charge in [-0.2, -0.15) is 0 Å². The van der Waals surface area contributed by atoms with E-state index in [2.05, 4.69) is 10.6 Å². The van der Waals surface area contributed by atoms with E-state index in [1.165, 1.54) is 21.3 Å². The lowest BCUT2D eigenvalue weighted by atomic mass is 10.2. The van der Waals surface area contributed by atoms with Crippen molar-refractivity contribution in [2.45, 2.75) is 12.5 Å². The number of methoxy groups -OCH3 is 3. The summed E-state index contributed by atoms with van der Waals surface area (Å²) in [6, 6.07) is 3.39. The molecule has 1 aliphatic rings. The van der Waals surface area contributed by atoms with Crippen LogP contribution in [-0.2, 0) is 9.53 Å². The monoisotopic (exact) mass is 310 g/mol. The van der Waals surface area contributed by atoms with Gasteiger partial charge in [-0.25, -0.2) is 0 Å². The third-order valence-corrected chi connectivity index (χ3v) is 3.37. The van der Waals surface area contributed by atoms with Crippen molar-refractivity contribution in [3.63, 3.8) is 0 Å². The van der Waals surface area contributed by atoms with Gasteiger partial charge < -0.3 is 29.6 Å². The van der Waals surface area contributed by atoms with Crippen LogP contribution in [0.3, 0.4) is 0 Å². The molecule has 1 aliphatic heterocycles. The van der Waals surface area contributed by atoms with Gasteiger partial charge in [-0.1, -0.05) is 0 Å². The lowest BCUT2D eigenvalue weighted by Crippen LogP contribution is -2.40. The highest BCUT2D eigenvalue weighted by molar-refractivity contribution is 5.91. The number of rotatable bonds is 6. The minimum Gasteiger partial charge on any atom is -0.493 e. The molecule has 1 fully saturated rings. The Bertz CT molecular complexity index is 490. The Morgan fingerprint density at radius 2 is 1.95 bits per heavy atom. The van der Waals surface area contributed by atoms with E-state index >= 15 is 0 Å². The SMILES string of the molecule is COc1cc(NC(=O)CC2CNCCO2)cc(OC)c1OC. The van der Waals surface area contributed by atoms with Gasteiger partial charge in [-0.3, -0.25) is 4.79 Å². The zero-order chi connectivity index (χ0) is 15.9. The molecule has 2 rings (SSSR count). The van der Waals surface area contributed by atoms with Crippen molar-refractivity contribution in [1.82, 2.24) is 5.32 Å². The fourth-order valence-corrected chi connectivity index (χ4v) is 2.32. The summed E-state index contributed by atoms with van der Waals surface area (Å²) in [7, 11) is 4.60. The normalized spacial score (nSPS) is 17.7. The van der Waals surface area contributed by atoms with Gasteiger partial charge in [0.2, 0.25) is 11.7 Å². The first-order valence-corrected chi connectivity index (χ1v) is 7.10. The summed E-state index contributed by atoms with van der Waals surface area (Å²) in [5.41, 5.74) is 0.586. The highest BCUT2D eigenvalue weighted by atomic mass is 16.5. The standard InChI is InChI=1S/C15H22N2O5/c1-19-12-6-10(7-13(20-2)15(12)21-3)17-14(18)8-11-9-16-4-5-22-11/h6-7,11,16H,4-5,8-9H2,1-3H3,(H,17,18). The van der Waals surface area contributed by atoms with Crippen molar-refractivity contribution < 1.29 is 23.7 Å². The number of morpholine rings is 1. The van der Waals surface area contributed by atoms with E-state index in [0.717, 1.165) is 6.54 Å². The van der Waals surface area contributed by atoms with Gasteiger partial charge in [-0.05, 0) is 0 Å². The average Bonchev–Trinajstić information content (AvgIpc) is 2.54. The Morgan fingerprint density at radius 1 is 1.27 bits per heavy atom. The third-order valence-electron chi connectivity index (χ3n) is 3.37. The molecule has 7 nitrogen and oxygen atoms in total. The maximum Gasteiger partial charge on any atom is 0.227 e. The third kappa shape index (κ3) is 4.02. The van der Waals surface area contributed by atoms with E-state index in [1.54, 1.807) is 12.1 Å². The van der Waals surface area contributed by atoms with Crippen LogP contribution in [0.25, 0.3) is 0 Å². The van der Waals surface area contributed by atoms with E-state index in [9.17, 15) is 4.79 Å². The van der Waals surface area contributed by atoms with Crippen LogP contribution < -0.4 is 24.8 Å². The molecule has 122 valence electrons. The number of anilines is 1. The maximum atomic E-state index is 12.1. The fourth-order valence-electron chi connectivity index (χ4n) is 2.32. The topological polar surface area (TPSA) is 78.1 Å². The van der Waals surface area contributed by atoms with Crippen molar-refractivity contribution in [1.29, 1.82) is 0 Å². The summed E-state index contributed by atoms with van der Waals surface area (Å²) in [5, 5.41) is 6.02. The van der Waals surface area contributed by atoms with Gasteiger partial charge in [-0.15, -0.1) is 0 Å². The Labute approximate surface area is 129 Å². The molecule has 2 N–H and O–H groups in total. The summed E-state index contributed by atoms with van der Waals surface area (Å²) in [6.07, 6.45) is 0.194. The van der Waals surface area contributed by atoms with Crippen LogP contribution in [-0.4, -0.2) is 53.0 Å². The van der Waals surface area contributed by atoms with E-state index in [-0.39, 0.29) is 12.0 Å². The van der Waals surface area contributed by atoms with Gasteiger partial charge in [0.05, 0.1) is 40.5 Å². The zero-order valence-electron chi connectivity index (χ0n) is 13.1. The van der Waals surface area contributed by atoms with Crippen molar-refractivity contribution in [2.75, 3.05) is 46.3 Å². The van der Waals surface area contributed by atoms with Crippen LogP contribution in [0.1, 0.15) is 6.42 Å². The van der Waals surface area contributed by atoms with Crippen LogP contribution in [0, 0.1) is 0 Å². The van der Waals surface area contributed by atoms with Crippen LogP contribution >= 0.6 is 0 Å². The molecule has 0 saturated carbocycles. The first-order chi connectivity index (χ1) is 10.7. The molecule has 1 amide bonds. The average molecular weight is 310 g/mol. The Balaban J connectivity index is 2.06. The maximum absolute atomic E-state index is 12.1. The molecule has 0 aromatic heterocycles. The number of nitrogens with one attached hydrogen (secondary N) is 2. The van der Waals surface area contributed by atoms with E-state index in [4.69, 9.17) is 18.9 Å². The van der Waals surface area contributed by atoms with Gasteiger partial charge >= 0.3 is 0 Å². The number of ether oxygens (including phenoxy) is 4. The second kappa shape index (κ2) is 7.86. The highest BCUT2D eigenvalue weighted by Crippen LogP contribution is 2.39. The van der Waals surface area contributed by atoms with Crippen molar-refractivity contribution in [3.8, 4) is 17.2 Å². The first-order valence-electron chi connectivity index (χ1n) is 7.10. The molecule has 1 atom stereocenters. The molecule has 1 aromatic rings. The molecule has 0 bridgehead atoms. The molecule has 1 saturated heterocycles. The quantitative estimate of drug-likeness (QED) is 0.817. The zero-order valence-corrected chi connectivity index (χ0v) is 13.1. The molecule has 0 spiro atoms. The smallest absolute Gasteiger partial charge is 0.227 e. The van der Waals surface area contributed by atoms with Gasteiger partial charge in [0.15, 0.2) is 11.5 Å². The lowest BCUT2D eigenvalue weighted by Gasteiger charge is -2.23. The predicted octanol–water partition coefficient (Wildman–Crippen LogP) is 1.03. The number of hydrogen-bond donors (Lipinski definition) is 2. The van der Waals surface area contributed by atoms with E-state index in [1.807, 2.05) is 0 Å². The summed E-state index contributed by atoms with van der Waals surface area (Å²) in [6.45, 7) is 2.13. The van der Waals surface area contributed by atoms with Gasteiger partial charge in [0.25, 0.3) is 0 Å². The summed E-state index contributed by atoms with van der Waals surface area (Å²) in [4.78, 5) is 12.1. The number of amides is 1. The van der Waals surface area contributed by atoms with Gasteiger partial charge in [0, 0.05) is 30.9 Å². The van der Waals surface area contributed by atoms with Crippen LogP contribution in [0.2, 0.25) is 0 Å². The minimum absolute atomic E-state index is 0.101. The Kier molecular flexibility index (Phi) is 5.85. The number of carbonyl (C=O) groups excluding carboxylic acids is 1. The fraction of sp³-hybridized carbons (Fsp3) is 0.533. The molecule has 7 heteroatoms. The molecule has 1 heterocycles. The van der Waals surface area contributed by atoms with Gasteiger partial charge in [0.1, 0.15) is 0 Å². The summed E-state index contributed by atoms with van der Waals surface area (Å²) >= 11 is 0. The van der Waals surface area contributed by atoms with Crippen LogP contribution in [0.5, 0.6) is 17.2 Å². The molecule has 0 radical (unpaired) electrons. The van der Waals surface area contributed by atoms with Crippen molar-refractivity contribution in [2.24, 2.45) is 0 Å². The molecule has 22 heavy (non-hydrogen) atoms. The van der Waals surface area contributed by atoms with E-state index in [0.29, 0.717) is 42.5 Å². The molecular weight excluding hydrogens is 288 g/mol. The summed E-state index contributed by atoms with van der Waals surface area (Å²) < 4.78 is 21.3. The summed E-state index contributed by atoms with van der Waals surface area (Å²) in [5.74, 6) is 1.35. The number of hydrogen-bond acceptors (Lipinski definition) is 6. The second-order valence-corrected chi connectivity index (χ2v) is 4.86. The minimum atomic E-state index is -0.122. The molecular formula is C15H22N2O5. The van der Waals surface area contributed by atoms with Crippen LogP contribution in [0.15, 0.2) is 12.1 Å². The largest absolute Gasteiger partial charge is 0.493 e. The van der Waals surface area contributed by atoms with Crippen molar-refractivity contribution >= 4 is 11.6 Å². The molecule has 1 aromatic carbocycles. The Morgan fingerprint density at radius 3 is 2.45 bits per heavy atom. The Hall–Kier alpha value is -1.99. The second-order valence-electron chi connectivity index (χ2n) is 4.86. The lowest BCUT2D eigenvalue weighted by molar-refractivity contribution is -0.119. The molecule has 0 aliphatic carbocycles. The first kappa shape index (κ1) is 16.4. The van der Waals surface area contributed by atoms with Crippen LogP contribution in [0.4, 0.5) is 5.69 Å². The number of benzene rings is 1.